The molecule has 5 nitrogen and oxygen atoms in total. The zero-order valence-corrected chi connectivity index (χ0v) is 17.3. The largest absolute Gasteiger partial charge is 0.396 e. The van der Waals surface area contributed by atoms with Crippen molar-refractivity contribution in [2.24, 2.45) is 0 Å². The number of amides is 1. The Balaban J connectivity index is 2.29. The van der Waals surface area contributed by atoms with Crippen LogP contribution >= 0.6 is 34.2 Å². The van der Waals surface area contributed by atoms with Gasteiger partial charge in [-0.2, -0.15) is 0 Å². The molecule has 0 aliphatic heterocycles. The van der Waals surface area contributed by atoms with E-state index >= 15 is 0 Å². The Bertz CT molecular complexity index is 837. The first-order valence-electron chi connectivity index (χ1n) is 8.08. The number of aliphatic hydroxyl groups excluding tert-OH is 1. The summed E-state index contributed by atoms with van der Waals surface area (Å²) in [6.07, 6.45) is 1.05. The van der Waals surface area contributed by atoms with Gasteiger partial charge in [-0.3, -0.25) is 9.63 Å². The van der Waals surface area contributed by atoms with Crippen LogP contribution < -0.4 is 10.8 Å². The van der Waals surface area contributed by atoms with E-state index in [1.165, 1.54) is 0 Å². The SMILES string of the molecule is Cc1cc(I)ccc1Nc1c(C(=O)NOCCCCO)cc(Cl)c(F)c1F. The number of nitrogens with one attached hydrogen (secondary N) is 2. The van der Waals surface area contributed by atoms with E-state index in [0.29, 0.717) is 18.5 Å². The van der Waals surface area contributed by atoms with Crippen LogP contribution in [0.5, 0.6) is 0 Å². The van der Waals surface area contributed by atoms with E-state index in [2.05, 4.69) is 33.4 Å². The van der Waals surface area contributed by atoms with E-state index < -0.39 is 22.6 Å². The molecule has 0 saturated carbocycles. The maximum atomic E-state index is 14.5. The average Bonchev–Trinajstić information content (AvgIpc) is 2.63. The molecule has 0 aromatic heterocycles. The van der Waals surface area contributed by atoms with Gasteiger partial charge in [-0.25, -0.2) is 14.3 Å². The molecule has 2 rings (SSSR count). The number of rotatable bonds is 8. The Labute approximate surface area is 174 Å². The number of aliphatic hydroxyl groups is 1. The minimum absolute atomic E-state index is 0.0134. The first kappa shape index (κ1) is 21.8. The highest BCUT2D eigenvalue weighted by Crippen LogP contribution is 2.32. The van der Waals surface area contributed by atoms with Crippen molar-refractivity contribution < 1.29 is 23.5 Å². The van der Waals surface area contributed by atoms with Crippen molar-refractivity contribution in [1.82, 2.24) is 5.48 Å². The first-order chi connectivity index (χ1) is 12.8. The van der Waals surface area contributed by atoms with Gasteiger partial charge in [0.1, 0.15) is 0 Å². The summed E-state index contributed by atoms with van der Waals surface area (Å²) in [4.78, 5) is 17.4. The topological polar surface area (TPSA) is 70.6 Å². The maximum Gasteiger partial charge on any atom is 0.277 e. The third-order valence-electron chi connectivity index (χ3n) is 3.67. The smallest absolute Gasteiger partial charge is 0.277 e. The summed E-state index contributed by atoms with van der Waals surface area (Å²) in [5, 5.41) is 11.0. The lowest BCUT2D eigenvalue weighted by molar-refractivity contribution is 0.0289. The molecule has 2 aromatic carbocycles. The van der Waals surface area contributed by atoms with E-state index in [1.54, 1.807) is 19.1 Å². The Hall–Kier alpha value is -1.49. The summed E-state index contributed by atoms with van der Waals surface area (Å²) in [7, 11) is 0. The quantitative estimate of drug-likeness (QED) is 0.208. The van der Waals surface area contributed by atoms with Crippen LogP contribution in [-0.2, 0) is 4.84 Å². The van der Waals surface area contributed by atoms with Gasteiger partial charge in [-0.15, -0.1) is 0 Å². The zero-order chi connectivity index (χ0) is 20.0. The maximum absolute atomic E-state index is 14.5. The Kier molecular flexibility index (Phi) is 8.21. The third-order valence-corrected chi connectivity index (χ3v) is 4.62. The van der Waals surface area contributed by atoms with Crippen molar-refractivity contribution in [2.75, 3.05) is 18.5 Å². The van der Waals surface area contributed by atoms with Crippen LogP contribution in [0.2, 0.25) is 5.02 Å². The van der Waals surface area contributed by atoms with Gasteiger partial charge in [-0.1, -0.05) is 11.6 Å². The number of carbonyl (C=O) groups is 1. The molecule has 0 aliphatic carbocycles. The molecule has 0 spiro atoms. The van der Waals surface area contributed by atoms with Crippen molar-refractivity contribution in [3.8, 4) is 0 Å². The van der Waals surface area contributed by atoms with Gasteiger partial charge in [0.15, 0.2) is 11.6 Å². The van der Waals surface area contributed by atoms with Crippen LogP contribution in [0, 0.1) is 22.1 Å². The van der Waals surface area contributed by atoms with Crippen LogP contribution in [0.4, 0.5) is 20.2 Å². The second-order valence-electron chi connectivity index (χ2n) is 5.70. The number of hydroxylamine groups is 1. The third kappa shape index (κ3) is 5.74. The molecule has 27 heavy (non-hydrogen) atoms. The molecule has 0 radical (unpaired) electrons. The lowest BCUT2D eigenvalue weighted by Gasteiger charge is -2.16. The molecule has 3 N–H and O–H groups in total. The van der Waals surface area contributed by atoms with Crippen molar-refractivity contribution >= 4 is 51.5 Å². The average molecular weight is 511 g/mol. The molecule has 0 atom stereocenters. The summed E-state index contributed by atoms with van der Waals surface area (Å²) >= 11 is 7.84. The first-order valence-corrected chi connectivity index (χ1v) is 9.54. The number of hydrogen-bond acceptors (Lipinski definition) is 4. The summed E-state index contributed by atoms with van der Waals surface area (Å²) in [6.45, 7) is 1.99. The highest BCUT2D eigenvalue weighted by atomic mass is 127. The molecule has 2 aromatic rings. The summed E-state index contributed by atoms with van der Waals surface area (Å²) in [5.74, 6) is -3.28. The van der Waals surface area contributed by atoms with Crippen LogP contribution in [0.15, 0.2) is 24.3 Å². The normalized spacial score (nSPS) is 10.7. The van der Waals surface area contributed by atoms with Crippen molar-refractivity contribution in [1.29, 1.82) is 0 Å². The van der Waals surface area contributed by atoms with E-state index in [4.69, 9.17) is 21.5 Å². The van der Waals surface area contributed by atoms with Crippen LogP contribution in [-0.4, -0.2) is 24.2 Å². The predicted octanol–water partition coefficient (Wildman–Crippen LogP) is 4.71. The van der Waals surface area contributed by atoms with E-state index in [9.17, 15) is 13.6 Å². The standard InChI is InChI=1S/C18H18ClF2IN2O3/c1-10-8-11(22)4-5-14(10)23-17-12(9-13(19)15(20)16(17)21)18(26)24-27-7-3-2-6-25/h4-5,8-9,23,25H,2-3,6-7H2,1H3,(H,24,26). The highest BCUT2D eigenvalue weighted by molar-refractivity contribution is 14.1. The summed E-state index contributed by atoms with van der Waals surface area (Å²) in [5.41, 5.74) is 2.96. The molecule has 0 bridgehead atoms. The predicted molar refractivity (Wildman–Crippen MR) is 108 cm³/mol. The van der Waals surface area contributed by atoms with E-state index in [-0.39, 0.29) is 24.5 Å². The molecule has 0 heterocycles. The fourth-order valence-electron chi connectivity index (χ4n) is 2.26. The van der Waals surface area contributed by atoms with Gasteiger partial charge >= 0.3 is 0 Å². The highest BCUT2D eigenvalue weighted by Gasteiger charge is 2.23. The number of unbranched alkanes of at least 4 members (excludes halogenated alkanes) is 1. The molecular formula is C18H18ClF2IN2O3. The Morgan fingerprint density at radius 3 is 2.67 bits per heavy atom. The van der Waals surface area contributed by atoms with Gasteiger partial charge in [0.2, 0.25) is 0 Å². The van der Waals surface area contributed by atoms with Gasteiger partial charge in [0.25, 0.3) is 5.91 Å². The molecule has 0 unspecified atom stereocenters. The van der Waals surface area contributed by atoms with Gasteiger partial charge in [0.05, 0.1) is 22.9 Å². The Morgan fingerprint density at radius 1 is 1.26 bits per heavy atom. The second kappa shape index (κ2) is 10.2. The van der Waals surface area contributed by atoms with E-state index in [0.717, 1.165) is 15.2 Å². The lowest BCUT2D eigenvalue weighted by atomic mass is 10.1. The number of aryl methyl sites for hydroxylation is 1. The summed E-state index contributed by atoms with van der Waals surface area (Å²) in [6, 6.07) is 6.40. The van der Waals surface area contributed by atoms with Gasteiger partial charge < -0.3 is 10.4 Å². The Morgan fingerprint density at radius 2 is 2.00 bits per heavy atom. The minimum Gasteiger partial charge on any atom is -0.396 e. The fourth-order valence-corrected chi connectivity index (χ4v) is 3.09. The number of carbonyl (C=O) groups excluding carboxylic acids is 1. The van der Waals surface area contributed by atoms with Gasteiger partial charge in [0, 0.05) is 15.9 Å². The number of hydrogen-bond donors (Lipinski definition) is 3. The number of benzene rings is 2. The van der Waals surface area contributed by atoms with E-state index in [1.807, 2.05) is 6.07 Å². The number of anilines is 2. The fraction of sp³-hybridized carbons (Fsp3) is 0.278. The molecule has 0 saturated heterocycles. The monoisotopic (exact) mass is 510 g/mol. The molecule has 0 fully saturated rings. The molecule has 1 amide bonds. The van der Waals surface area contributed by atoms with Crippen LogP contribution in [0.1, 0.15) is 28.8 Å². The molecule has 0 aliphatic rings. The number of halogens is 4. The van der Waals surface area contributed by atoms with Crippen LogP contribution in [0.3, 0.4) is 0 Å². The lowest BCUT2D eigenvalue weighted by Crippen LogP contribution is -2.25. The molecule has 146 valence electrons. The minimum atomic E-state index is -1.26. The molecule has 9 heteroatoms. The van der Waals surface area contributed by atoms with Gasteiger partial charge in [-0.05, 0) is 72.2 Å². The van der Waals surface area contributed by atoms with Crippen molar-refractivity contribution in [2.45, 2.75) is 19.8 Å². The second-order valence-corrected chi connectivity index (χ2v) is 7.36. The van der Waals surface area contributed by atoms with Crippen LogP contribution in [0.25, 0.3) is 0 Å². The van der Waals surface area contributed by atoms with Crippen molar-refractivity contribution in [3.05, 3.63) is 55.6 Å². The molecular weight excluding hydrogens is 493 g/mol. The zero-order valence-electron chi connectivity index (χ0n) is 14.4. The summed E-state index contributed by atoms with van der Waals surface area (Å²) < 4.78 is 29.4. The van der Waals surface area contributed by atoms with Crippen molar-refractivity contribution in [3.63, 3.8) is 0 Å².